The van der Waals surface area contributed by atoms with E-state index in [4.69, 9.17) is 0 Å². The van der Waals surface area contributed by atoms with Gasteiger partial charge in [0.15, 0.2) is 0 Å². The smallest absolute Gasteiger partial charge is 0.253 e. The first-order chi connectivity index (χ1) is 4.86. The van der Waals surface area contributed by atoms with Crippen LogP contribution in [0.4, 0.5) is 0 Å². The third-order valence-electron chi connectivity index (χ3n) is 0.982. The van der Waals surface area contributed by atoms with Crippen molar-refractivity contribution >= 4 is 12.6 Å². The van der Waals surface area contributed by atoms with Crippen LogP contribution in [0.3, 0.4) is 0 Å². The van der Waals surface area contributed by atoms with E-state index in [1.807, 2.05) is 0 Å². The molecule has 3 nitrogen and oxygen atoms in total. The quantitative estimate of drug-likeness (QED) is 0.570. The summed E-state index contributed by atoms with van der Waals surface area (Å²) in [6.45, 7) is 0. The summed E-state index contributed by atoms with van der Waals surface area (Å²) in [6.07, 6.45) is 4.56. The molecule has 3 heteroatoms. The van der Waals surface area contributed by atoms with Crippen molar-refractivity contribution < 1.29 is 9.59 Å². The minimum Gasteiger partial charge on any atom is -0.285 e. The molecule has 0 fully saturated rings. The van der Waals surface area contributed by atoms with Crippen LogP contribution < -0.4 is 0 Å². The molecule has 48 valence electrons. The first kappa shape index (κ1) is 6.61. The molecule has 1 heterocycles. The first-order valence-corrected chi connectivity index (χ1v) is 2.59. The molecule has 0 aliphatic heterocycles. The van der Waals surface area contributed by atoms with E-state index in [1.165, 1.54) is 18.3 Å². The van der Waals surface area contributed by atoms with Crippen molar-refractivity contribution in [2.24, 2.45) is 0 Å². The Balaban J connectivity index is 3.09. The number of pyridine rings is 1. The van der Waals surface area contributed by atoms with Crippen LogP contribution in [0, 0.1) is 0 Å². The van der Waals surface area contributed by atoms with E-state index < -0.39 is 0 Å². The maximum Gasteiger partial charge on any atom is 0.253 e. The van der Waals surface area contributed by atoms with E-state index in [-0.39, 0.29) is 5.69 Å². The van der Waals surface area contributed by atoms with Gasteiger partial charge in [0.05, 0.1) is 0 Å². The summed E-state index contributed by atoms with van der Waals surface area (Å²) in [7, 11) is 0. The van der Waals surface area contributed by atoms with Crippen LogP contribution in [-0.4, -0.2) is 17.6 Å². The summed E-state index contributed by atoms with van der Waals surface area (Å²) in [5.74, 6) is 0. The number of aromatic nitrogens is 1. The molecule has 0 aliphatic carbocycles. The molecule has 0 amide bonds. The molecule has 0 unspecified atom stereocenters. The Morgan fingerprint density at radius 3 is 2.70 bits per heavy atom. The molecule has 0 saturated carbocycles. The lowest BCUT2D eigenvalue weighted by molar-refractivity contribution is 0.561. The van der Waals surface area contributed by atoms with E-state index in [0.717, 1.165) is 0 Å². The van der Waals surface area contributed by atoms with E-state index in [9.17, 15) is 9.59 Å². The maximum absolute atomic E-state index is 9.99. The Bertz CT molecular complexity index is 234. The van der Waals surface area contributed by atoms with Gasteiger partial charge >= 0.3 is 0 Å². The number of hydrogen-bond donors (Lipinski definition) is 0. The summed E-state index contributed by atoms with van der Waals surface area (Å²) in [6, 6.07) is 2.79. The lowest BCUT2D eigenvalue weighted by atomic mass is 10.2. The molecule has 10 heavy (non-hydrogen) atoms. The number of hydrogen-bond acceptors (Lipinski definition) is 3. The van der Waals surface area contributed by atoms with Crippen LogP contribution in [0.1, 0.15) is 11.3 Å². The van der Waals surface area contributed by atoms with Gasteiger partial charge in [0.25, 0.3) is 6.29 Å². The fourth-order valence-corrected chi connectivity index (χ4v) is 0.550. The number of nitrogens with zero attached hydrogens (tertiary/aromatic N) is 1. The van der Waals surface area contributed by atoms with Crippen LogP contribution in [0.15, 0.2) is 18.3 Å². The predicted octanol–water partition coefficient (Wildman–Crippen LogP) is -0.00280. The Morgan fingerprint density at radius 2 is 2.10 bits per heavy atom. The summed E-state index contributed by atoms with van der Waals surface area (Å²) in [5, 5.41) is 0. The standard InChI is InChI=1S/C7H3NO2/c9-4-6-1-2-8-7(3-6)5-10/h1-3H. The van der Waals surface area contributed by atoms with Crippen LogP contribution in [-0.2, 0) is 9.59 Å². The van der Waals surface area contributed by atoms with Crippen LogP contribution in [0.25, 0.3) is 0 Å². The average Bonchev–Trinajstić information content (AvgIpc) is 2.05. The Hall–Kier alpha value is -1.51. The highest BCUT2D eigenvalue weighted by atomic mass is 16.1. The average molecular weight is 133 g/mol. The summed E-state index contributed by atoms with van der Waals surface area (Å²) < 4.78 is 0. The third-order valence-corrected chi connectivity index (χ3v) is 0.982. The third kappa shape index (κ3) is 1.25. The van der Waals surface area contributed by atoms with E-state index in [2.05, 4.69) is 4.98 Å². The lowest BCUT2D eigenvalue weighted by Gasteiger charge is -1.86. The van der Waals surface area contributed by atoms with E-state index in [1.54, 1.807) is 12.6 Å². The van der Waals surface area contributed by atoms with Gasteiger partial charge in [-0.1, -0.05) is 0 Å². The molecular weight excluding hydrogens is 130 g/mol. The van der Waals surface area contributed by atoms with Gasteiger partial charge in [0.1, 0.15) is 5.69 Å². The van der Waals surface area contributed by atoms with Crippen molar-refractivity contribution in [3.8, 4) is 0 Å². The monoisotopic (exact) mass is 133 g/mol. The largest absolute Gasteiger partial charge is 0.285 e. The topological polar surface area (TPSA) is 47.0 Å². The molecule has 0 spiro atoms. The van der Waals surface area contributed by atoms with Gasteiger partial charge in [-0.05, 0) is 12.1 Å². The first-order valence-electron chi connectivity index (χ1n) is 2.59. The van der Waals surface area contributed by atoms with Crippen molar-refractivity contribution in [3.63, 3.8) is 0 Å². The van der Waals surface area contributed by atoms with E-state index >= 15 is 0 Å². The van der Waals surface area contributed by atoms with Gasteiger partial charge in [0.2, 0.25) is 6.29 Å². The normalized spacial score (nSPS) is 8.80. The van der Waals surface area contributed by atoms with Gasteiger partial charge in [-0.3, -0.25) is 14.6 Å². The fourth-order valence-electron chi connectivity index (χ4n) is 0.550. The summed E-state index contributed by atoms with van der Waals surface area (Å²) in [4.78, 5) is 23.6. The highest BCUT2D eigenvalue weighted by molar-refractivity contribution is 5.80. The SMILES string of the molecule is O=[C]c1ccnc([C]=O)c1. The highest BCUT2D eigenvalue weighted by Gasteiger charge is 1.94. The molecule has 0 aromatic carbocycles. The summed E-state index contributed by atoms with van der Waals surface area (Å²) in [5.41, 5.74) is 0.439. The van der Waals surface area contributed by atoms with Crippen LogP contribution >= 0.6 is 0 Å². The second kappa shape index (κ2) is 2.87. The lowest BCUT2D eigenvalue weighted by Crippen LogP contribution is -1.88. The molecule has 0 N–H and O–H groups in total. The zero-order valence-corrected chi connectivity index (χ0v) is 5.00. The number of carbonyl (C=O) groups excluding carboxylic acids is 2. The Labute approximate surface area is 57.7 Å². The van der Waals surface area contributed by atoms with Crippen molar-refractivity contribution in [1.29, 1.82) is 0 Å². The van der Waals surface area contributed by atoms with Gasteiger partial charge in [0, 0.05) is 11.8 Å². The zero-order valence-electron chi connectivity index (χ0n) is 5.00. The molecule has 0 aliphatic rings. The summed E-state index contributed by atoms with van der Waals surface area (Å²) >= 11 is 0. The maximum atomic E-state index is 9.99. The molecular formula is C7H3NO2. The Morgan fingerprint density at radius 1 is 1.30 bits per heavy atom. The second-order valence-electron chi connectivity index (χ2n) is 1.63. The molecule has 0 saturated heterocycles. The van der Waals surface area contributed by atoms with Gasteiger partial charge < -0.3 is 0 Å². The van der Waals surface area contributed by atoms with E-state index in [0.29, 0.717) is 5.56 Å². The molecule has 0 bridgehead atoms. The van der Waals surface area contributed by atoms with Crippen molar-refractivity contribution in [2.75, 3.05) is 0 Å². The van der Waals surface area contributed by atoms with Crippen molar-refractivity contribution in [3.05, 3.63) is 29.6 Å². The predicted molar refractivity (Wildman–Crippen MR) is 33.8 cm³/mol. The van der Waals surface area contributed by atoms with Crippen molar-refractivity contribution in [1.82, 2.24) is 4.98 Å². The van der Waals surface area contributed by atoms with Gasteiger partial charge in [-0.15, -0.1) is 0 Å². The van der Waals surface area contributed by atoms with Crippen LogP contribution in [0.5, 0.6) is 0 Å². The second-order valence-corrected chi connectivity index (χ2v) is 1.63. The molecule has 1 aromatic rings. The van der Waals surface area contributed by atoms with Gasteiger partial charge in [-0.2, -0.15) is 0 Å². The molecule has 1 rings (SSSR count). The fraction of sp³-hybridized carbons (Fsp3) is 0. The molecule has 0 atom stereocenters. The highest BCUT2D eigenvalue weighted by Crippen LogP contribution is 1.94. The molecule has 2 radical (unpaired) electrons. The van der Waals surface area contributed by atoms with Crippen molar-refractivity contribution in [2.45, 2.75) is 0 Å². The minimum atomic E-state index is 0.126. The Kier molecular flexibility index (Phi) is 1.89. The van der Waals surface area contributed by atoms with Gasteiger partial charge in [-0.25, -0.2) is 0 Å². The molecule has 1 aromatic heterocycles. The minimum absolute atomic E-state index is 0.126. The van der Waals surface area contributed by atoms with Crippen LogP contribution in [0.2, 0.25) is 0 Å². The zero-order chi connectivity index (χ0) is 7.40. The number of rotatable bonds is 2.